The quantitative estimate of drug-likeness (QED) is 0.734. The summed E-state index contributed by atoms with van der Waals surface area (Å²) >= 11 is 0. The number of fused-ring (bicyclic) bond motifs is 1. The summed E-state index contributed by atoms with van der Waals surface area (Å²) < 4.78 is 51.6. The molecule has 2 aliphatic heterocycles. The average molecular weight is 365 g/mol. The summed E-state index contributed by atoms with van der Waals surface area (Å²) in [5.74, 6) is 0.682. The van der Waals surface area contributed by atoms with E-state index in [4.69, 9.17) is 0 Å². The van der Waals surface area contributed by atoms with Gasteiger partial charge in [-0.3, -0.25) is 4.90 Å². The third-order valence-corrected chi connectivity index (χ3v) is 9.89. The monoisotopic (exact) mass is 364 g/mol. The van der Waals surface area contributed by atoms with Crippen LogP contribution in [0.25, 0.3) is 0 Å². The SMILES string of the molecule is CC(C)CN1CCS(=O)(=O)[C@@H]2CCN(S(=O)(=O)C3CC3)CC[C@@H]21. The van der Waals surface area contributed by atoms with E-state index >= 15 is 0 Å². The van der Waals surface area contributed by atoms with Crippen LogP contribution in [0.5, 0.6) is 0 Å². The molecule has 2 atom stereocenters. The summed E-state index contributed by atoms with van der Waals surface area (Å²) in [6.07, 6.45) is 2.57. The van der Waals surface area contributed by atoms with E-state index < -0.39 is 25.1 Å². The normalized spacial score (nSPS) is 33.3. The molecule has 1 aliphatic carbocycles. The molecule has 3 aliphatic rings. The molecule has 0 radical (unpaired) electrons. The lowest BCUT2D eigenvalue weighted by atomic mass is 10.0. The molecule has 0 spiro atoms. The zero-order valence-electron chi connectivity index (χ0n) is 14.0. The van der Waals surface area contributed by atoms with E-state index in [1.807, 2.05) is 0 Å². The minimum absolute atomic E-state index is 0.0319. The first-order chi connectivity index (χ1) is 10.7. The highest BCUT2D eigenvalue weighted by Crippen LogP contribution is 2.34. The van der Waals surface area contributed by atoms with Gasteiger partial charge in [0.1, 0.15) is 0 Å². The molecule has 0 aromatic heterocycles. The van der Waals surface area contributed by atoms with Crippen molar-refractivity contribution >= 4 is 19.9 Å². The molecule has 134 valence electrons. The highest BCUT2D eigenvalue weighted by Gasteiger charge is 2.46. The van der Waals surface area contributed by atoms with Crippen LogP contribution in [0.15, 0.2) is 0 Å². The maximum absolute atomic E-state index is 12.5. The first kappa shape index (κ1) is 17.6. The van der Waals surface area contributed by atoms with Crippen molar-refractivity contribution in [3.63, 3.8) is 0 Å². The molecule has 23 heavy (non-hydrogen) atoms. The molecule has 1 saturated carbocycles. The van der Waals surface area contributed by atoms with Crippen molar-refractivity contribution in [3.8, 4) is 0 Å². The van der Waals surface area contributed by atoms with Gasteiger partial charge < -0.3 is 0 Å². The number of sulfonamides is 1. The van der Waals surface area contributed by atoms with Gasteiger partial charge in [0.2, 0.25) is 10.0 Å². The summed E-state index contributed by atoms with van der Waals surface area (Å²) in [7, 11) is -6.33. The Hall–Kier alpha value is -0.180. The zero-order chi connectivity index (χ0) is 16.8. The number of hydrogen-bond donors (Lipinski definition) is 0. The van der Waals surface area contributed by atoms with Crippen molar-refractivity contribution in [2.45, 2.75) is 56.1 Å². The third kappa shape index (κ3) is 3.60. The van der Waals surface area contributed by atoms with Gasteiger partial charge in [-0.2, -0.15) is 0 Å². The largest absolute Gasteiger partial charge is 0.298 e. The molecular weight excluding hydrogens is 336 g/mol. The van der Waals surface area contributed by atoms with Crippen molar-refractivity contribution in [1.29, 1.82) is 0 Å². The Balaban J connectivity index is 1.80. The standard InChI is InChI=1S/C15H28N2O4S2/c1-12(2)11-16-9-10-22(18,19)15-6-8-17(7-5-14(15)16)23(20,21)13-3-4-13/h12-15H,3-11H2,1-2H3/t14-,15+/m0/s1. The first-order valence-electron chi connectivity index (χ1n) is 8.66. The van der Waals surface area contributed by atoms with Crippen LogP contribution in [-0.2, 0) is 19.9 Å². The number of sulfone groups is 1. The second kappa shape index (κ2) is 6.28. The second-order valence-corrected chi connectivity index (χ2v) is 12.1. The van der Waals surface area contributed by atoms with Crippen molar-refractivity contribution in [2.75, 3.05) is 31.9 Å². The fourth-order valence-electron chi connectivity index (χ4n) is 3.96. The van der Waals surface area contributed by atoms with E-state index in [1.54, 1.807) is 4.31 Å². The third-order valence-electron chi connectivity index (χ3n) is 5.26. The van der Waals surface area contributed by atoms with Crippen LogP contribution in [0.1, 0.15) is 39.5 Å². The van der Waals surface area contributed by atoms with E-state index in [0.717, 1.165) is 19.4 Å². The van der Waals surface area contributed by atoms with Crippen LogP contribution in [0.2, 0.25) is 0 Å². The van der Waals surface area contributed by atoms with Crippen LogP contribution >= 0.6 is 0 Å². The Morgan fingerprint density at radius 3 is 2.30 bits per heavy atom. The van der Waals surface area contributed by atoms with Crippen molar-refractivity contribution < 1.29 is 16.8 Å². The van der Waals surface area contributed by atoms with E-state index in [1.165, 1.54) is 0 Å². The minimum atomic E-state index is -3.21. The minimum Gasteiger partial charge on any atom is -0.298 e. The molecule has 0 aromatic rings. The Morgan fingerprint density at radius 2 is 1.70 bits per heavy atom. The molecule has 8 heteroatoms. The molecule has 0 amide bonds. The number of nitrogens with zero attached hydrogens (tertiary/aromatic N) is 2. The lowest BCUT2D eigenvalue weighted by Crippen LogP contribution is -2.55. The van der Waals surface area contributed by atoms with Crippen LogP contribution in [0.4, 0.5) is 0 Å². The molecule has 0 unspecified atom stereocenters. The number of hydrogen-bond acceptors (Lipinski definition) is 5. The highest BCUT2D eigenvalue weighted by molar-refractivity contribution is 7.92. The zero-order valence-corrected chi connectivity index (χ0v) is 15.7. The molecule has 3 fully saturated rings. The van der Waals surface area contributed by atoms with Gasteiger partial charge in [0.05, 0.1) is 16.3 Å². The fraction of sp³-hybridized carbons (Fsp3) is 1.00. The van der Waals surface area contributed by atoms with Crippen LogP contribution in [0.3, 0.4) is 0 Å². The smallest absolute Gasteiger partial charge is 0.216 e. The van der Waals surface area contributed by atoms with Crippen LogP contribution in [0, 0.1) is 5.92 Å². The maximum atomic E-state index is 12.5. The van der Waals surface area contributed by atoms with E-state index in [0.29, 0.717) is 38.4 Å². The number of rotatable bonds is 4. The lowest BCUT2D eigenvalue weighted by molar-refractivity contribution is 0.163. The predicted octanol–water partition coefficient (Wildman–Crippen LogP) is 0.698. The van der Waals surface area contributed by atoms with Crippen LogP contribution in [-0.4, -0.2) is 74.5 Å². The summed E-state index contributed by atoms with van der Waals surface area (Å²) in [4.78, 5) is 2.28. The van der Waals surface area contributed by atoms with E-state index in [9.17, 15) is 16.8 Å². The topological polar surface area (TPSA) is 74.8 Å². The van der Waals surface area contributed by atoms with Gasteiger partial charge >= 0.3 is 0 Å². The van der Waals surface area contributed by atoms with Gasteiger partial charge in [-0.1, -0.05) is 13.8 Å². The van der Waals surface area contributed by atoms with Gasteiger partial charge in [-0.05, 0) is 31.6 Å². The summed E-state index contributed by atoms with van der Waals surface area (Å²) in [5, 5.41) is -0.625. The molecular formula is C15H28N2O4S2. The van der Waals surface area contributed by atoms with Crippen molar-refractivity contribution in [1.82, 2.24) is 9.21 Å². The summed E-state index contributed by atoms with van der Waals surface area (Å²) in [5.41, 5.74) is 0. The van der Waals surface area contributed by atoms with E-state index in [2.05, 4.69) is 18.7 Å². The highest BCUT2D eigenvalue weighted by atomic mass is 32.2. The molecule has 0 N–H and O–H groups in total. The van der Waals surface area contributed by atoms with Crippen molar-refractivity contribution in [3.05, 3.63) is 0 Å². The Labute approximate surface area is 140 Å². The van der Waals surface area contributed by atoms with Gasteiger partial charge in [0.15, 0.2) is 9.84 Å². The van der Waals surface area contributed by atoms with E-state index in [-0.39, 0.29) is 17.0 Å². The molecule has 0 aromatic carbocycles. The predicted molar refractivity (Wildman–Crippen MR) is 90.5 cm³/mol. The first-order valence-corrected chi connectivity index (χ1v) is 11.9. The Kier molecular flexibility index (Phi) is 4.81. The Bertz CT molecular complexity index is 640. The van der Waals surface area contributed by atoms with Crippen molar-refractivity contribution in [2.24, 2.45) is 5.92 Å². The average Bonchev–Trinajstić information content (AvgIpc) is 3.26. The lowest BCUT2D eigenvalue weighted by Gasteiger charge is -2.40. The summed E-state index contributed by atoms with van der Waals surface area (Å²) in [6, 6.07) is -0.0319. The molecule has 2 saturated heterocycles. The Morgan fingerprint density at radius 1 is 1.04 bits per heavy atom. The van der Waals surface area contributed by atoms with Gasteiger partial charge in [-0.15, -0.1) is 0 Å². The molecule has 3 rings (SSSR count). The van der Waals surface area contributed by atoms with Gasteiger partial charge in [-0.25, -0.2) is 21.1 Å². The fourth-order valence-corrected chi connectivity index (χ4v) is 7.88. The molecule has 2 heterocycles. The maximum Gasteiger partial charge on any atom is 0.216 e. The van der Waals surface area contributed by atoms with Crippen LogP contribution < -0.4 is 0 Å². The van der Waals surface area contributed by atoms with Gasteiger partial charge in [0.25, 0.3) is 0 Å². The molecule has 0 bridgehead atoms. The molecule has 6 nitrogen and oxygen atoms in total. The summed E-state index contributed by atoms with van der Waals surface area (Å²) in [6.45, 7) is 6.55. The van der Waals surface area contributed by atoms with Gasteiger partial charge in [0, 0.05) is 32.2 Å². The second-order valence-electron chi connectivity index (χ2n) is 7.58.